The Morgan fingerprint density at radius 1 is 1.36 bits per heavy atom. The molecule has 2 heterocycles. The van der Waals surface area contributed by atoms with Crippen molar-refractivity contribution in [2.45, 2.75) is 57.9 Å². The Balaban J connectivity index is 1.45. The van der Waals surface area contributed by atoms with Crippen molar-refractivity contribution in [1.29, 1.82) is 0 Å². The van der Waals surface area contributed by atoms with E-state index in [9.17, 15) is 4.79 Å². The molecule has 152 valence electrons. The standard InChI is InChI=1S/C22H30ClN3O2/c1-2-3-13-26-14-7-6-8-17(26)15-24-21(27)11-12-22-25-16-20(28-22)18-9-4-5-10-19(18)23/h4-5,9-10,16-17H,2-3,6-8,11-15H2,1H3,(H,24,27). The molecule has 1 aromatic heterocycles. The third-order valence-electron chi connectivity index (χ3n) is 5.34. The van der Waals surface area contributed by atoms with Crippen molar-refractivity contribution >= 4 is 17.5 Å². The lowest BCUT2D eigenvalue weighted by molar-refractivity contribution is -0.121. The molecule has 1 aliphatic rings. The van der Waals surface area contributed by atoms with Crippen LogP contribution in [0.15, 0.2) is 34.9 Å². The van der Waals surface area contributed by atoms with Gasteiger partial charge in [-0.3, -0.25) is 9.69 Å². The lowest BCUT2D eigenvalue weighted by Crippen LogP contribution is -2.47. The molecule has 1 atom stereocenters. The summed E-state index contributed by atoms with van der Waals surface area (Å²) in [4.78, 5) is 19.1. The second kappa shape index (κ2) is 10.6. The molecule has 0 radical (unpaired) electrons. The fraction of sp³-hybridized carbons (Fsp3) is 0.545. The number of carbonyl (C=O) groups excluding carboxylic acids is 1. The van der Waals surface area contributed by atoms with Crippen molar-refractivity contribution in [3.63, 3.8) is 0 Å². The molecule has 1 aromatic carbocycles. The monoisotopic (exact) mass is 403 g/mol. The highest BCUT2D eigenvalue weighted by molar-refractivity contribution is 6.33. The van der Waals surface area contributed by atoms with Gasteiger partial charge in [0.15, 0.2) is 11.7 Å². The van der Waals surface area contributed by atoms with Gasteiger partial charge >= 0.3 is 0 Å². The first-order valence-electron chi connectivity index (χ1n) is 10.4. The molecule has 0 spiro atoms. The molecule has 3 rings (SSSR count). The average molecular weight is 404 g/mol. The quantitative estimate of drug-likeness (QED) is 0.659. The summed E-state index contributed by atoms with van der Waals surface area (Å²) in [5, 5.41) is 3.73. The predicted molar refractivity (Wildman–Crippen MR) is 112 cm³/mol. The molecule has 28 heavy (non-hydrogen) atoms. The Morgan fingerprint density at radius 2 is 2.21 bits per heavy atom. The van der Waals surface area contributed by atoms with E-state index < -0.39 is 0 Å². The highest BCUT2D eigenvalue weighted by Crippen LogP contribution is 2.28. The van der Waals surface area contributed by atoms with Gasteiger partial charge in [-0.2, -0.15) is 0 Å². The van der Waals surface area contributed by atoms with Crippen LogP contribution < -0.4 is 5.32 Å². The first kappa shape index (κ1) is 20.9. The molecule has 1 aliphatic heterocycles. The van der Waals surface area contributed by atoms with Gasteiger partial charge in [-0.15, -0.1) is 0 Å². The summed E-state index contributed by atoms with van der Waals surface area (Å²) >= 11 is 6.20. The van der Waals surface area contributed by atoms with E-state index in [1.54, 1.807) is 6.20 Å². The number of aromatic nitrogens is 1. The molecule has 1 unspecified atom stereocenters. The van der Waals surface area contributed by atoms with Gasteiger partial charge in [-0.25, -0.2) is 4.98 Å². The van der Waals surface area contributed by atoms with Gasteiger partial charge in [0.05, 0.1) is 11.2 Å². The molecule has 1 fully saturated rings. The van der Waals surface area contributed by atoms with Gasteiger partial charge in [-0.1, -0.05) is 43.5 Å². The fourth-order valence-electron chi connectivity index (χ4n) is 3.70. The number of oxazole rings is 1. The molecule has 0 bridgehead atoms. The minimum Gasteiger partial charge on any atom is -0.441 e. The zero-order valence-corrected chi connectivity index (χ0v) is 17.4. The number of nitrogens with zero attached hydrogens (tertiary/aromatic N) is 2. The Bertz CT molecular complexity index is 762. The third-order valence-corrected chi connectivity index (χ3v) is 5.67. The highest BCUT2D eigenvalue weighted by Gasteiger charge is 2.22. The van der Waals surface area contributed by atoms with Crippen molar-refractivity contribution in [3.05, 3.63) is 41.4 Å². The van der Waals surface area contributed by atoms with Crippen LogP contribution >= 0.6 is 11.6 Å². The number of likely N-dealkylation sites (tertiary alicyclic amines) is 1. The van der Waals surface area contributed by atoms with Crippen molar-refractivity contribution in [2.24, 2.45) is 0 Å². The van der Waals surface area contributed by atoms with E-state index >= 15 is 0 Å². The number of amides is 1. The van der Waals surface area contributed by atoms with E-state index in [4.69, 9.17) is 16.0 Å². The summed E-state index contributed by atoms with van der Waals surface area (Å²) in [7, 11) is 0. The Morgan fingerprint density at radius 3 is 3.04 bits per heavy atom. The Labute approximate surface area is 172 Å². The Kier molecular flexibility index (Phi) is 7.92. The molecular formula is C22H30ClN3O2. The maximum absolute atomic E-state index is 12.3. The van der Waals surface area contributed by atoms with Crippen LogP contribution in [0.25, 0.3) is 11.3 Å². The summed E-state index contributed by atoms with van der Waals surface area (Å²) in [5.41, 5.74) is 0.817. The van der Waals surface area contributed by atoms with Crippen LogP contribution in [0.5, 0.6) is 0 Å². The zero-order chi connectivity index (χ0) is 19.8. The number of unbranched alkanes of at least 4 members (excludes halogenated alkanes) is 1. The van der Waals surface area contributed by atoms with Crippen LogP contribution in [-0.4, -0.2) is 41.5 Å². The Hall–Kier alpha value is -1.85. The minimum atomic E-state index is 0.0542. The van der Waals surface area contributed by atoms with Crippen molar-refractivity contribution in [1.82, 2.24) is 15.2 Å². The van der Waals surface area contributed by atoms with Crippen LogP contribution in [0.4, 0.5) is 0 Å². The van der Waals surface area contributed by atoms with Gasteiger partial charge in [0.1, 0.15) is 0 Å². The lowest BCUT2D eigenvalue weighted by atomic mass is 10.0. The van der Waals surface area contributed by atoms with Gasteiger partial charge in [0, 0.05) is 31.0 Å². The molecule has 0 saturated carbocycles. The summed E-state index contributed by atoms with van der Waals surface area (Å²) in [6.07, 6.45) is 8.67. The molecule has 1 N–H and O–H groups in total. The van der Waals surface area contributed by atoms with Crippen LogP contribution in [-0.2, 0) is 11.2 Å². The van der Waals surface area contributed by atoms with Crippen molar-refractivity contribution < 1.29 is 9.21 Å². The van der Waals surface area contributed by atoms with Gasteiger partial charge in [-0.05, 0) is 44.5 Å². The third kappa shape index (κ3) is 5.82. The second-order valence-corrected chi connectivity index (χ2v) is 7.85. The zero-order valence-electron chi connectivity index (χ0n) is 16.6. The van der Waals surface area contributed by atoms with E-state index in [2.05, 4.69) is 22.1 Å². The SMILES string of the molecule is CCCCN1CCCCC1CNC(=O)CCc1ncc(-c2ccccc2Cl)o1. The number of nitrogens with one attached hydrogen (secondary N) is 1. The summed E-state index contributed by atoms with van der Waals surface area (Å²) in [6, 6.07) is 7.97. The molecule has 0 aliphatic carbocycles. The molecule has 5 nitrogen and oxygen atoms in total. The fourth-order valence-corrected chi connectivity index (χ4v) is 3.93. The smallest absolute Gasteiger partial charge is 0.220 e. The number of rotatable bonds is 9. The normalized spacial score (nSPS) is 17.6. The van der Waals surface area contributed by atoms with Gasteiger partial charge in [0.2, 0.25) is 5.91 Å². The highest BCUT2D eigenvalue weighted by atomic mass is 35.5. The first-order valence-corrected chi connectivity index (χ1v) is 10.8. The number of piperidine rings is 1. The first-order chi connectivity index (χ1) is 13.7. The number of aryl methyl sites for hydroxylation is 1. The topological polar surface area (TPSA) is 58.4 Å². The van der Waals surface area contributed by atoms with Crippen molar-refractivity contribution in [2.75, 3.05) is 19.6 Å². The maximum Gasteiger partial charge on any atom is 0.220 e. The van der Waals surface area contributed by atoms with Crippen LogP contribution in [0.3, 0.4) is 0 Å². The predicted octanol–water partition coefficient (Wildman–Crippen LogP) is 4.70. The van der Waals surface area contributed by atoms with Gasteiger partial charge in [0.25, 0.3) is 0 Å². The van der Waals surface area contributed by atoms with E-state index in [0.717, 1.165) is 25.2 Å². The number of carbonyl (C=O) groups is 1. The van der Waals surface area contributed by atoms with Crippen LogP contribution in [0.1, 0.15) is 51.3 Å². The lowest BCUT2D eigenvalue weighted by Gasteiger charge is -2.35. The second-order valence-electron chi connectivity index (χ2n) is 7.44. The van der Waals surface area contributed by atoms with E-state index in [-0.39, 0.29) is 5.91 Å². The molecular weight excluding hydrogens is 374 g/mol. The summed E-state index contributed by atoms with van der Waals surface area (Å²) in [6.45, 7) is 5.25. The molecule has 1 saturated heterocycles. The average Bonchev–Trinajstić information content (AvgIpc) is 3.19. The van der Waals surface area contributed by atoms with E-state index in [1.165, 1.54) is 32.1 Å². The van der Waals surface area contributed by atoms with E-state index in [1.807, 2.05) is 24.3 Å². The molecule has 2 aromatic rings. The number of benzene rings is 1. The molecule has 1 amide bonds. The molecule has 6 heteroatoms. The van der Waals surface area contributed by atoms with Crippen LogP contribution in [0, 0.1) is 0 Å². The van der Waals surface area contributed by atoms with Crippen molar-refractivity contribution in [3.8, 4) is 11.3 Å². The number of hydrogen-bond donors (Lipinski definition) is 1. The minimum absolute atomic E-state index is 0.0542. The largest absolute Gasteiger partial charge is 0.441 e. The maximum atomic E-state index is 12.3. The number of hydrogen-bond acceptors (Lipinski definition) is 4. The van der Waals surface area contributed by atoms with Gasteiger partial charge < -0.3 is 9.73 Å². The van der Waals surface area contributed by atoms with Crippen LogP contribution in [0.2, 0.25) is 5.02 Å². The summed E-state index contributed by atoms with van der Waals surface area (Å²) < 4.78 is 5.77. The number of halogens is 1. The van der Waals surface area contributed by atoms with E-state index in [0.29, 0.717) is 35.6 Å². The summed E-state index contributed by atoms with van der Waals surface area (Å²) in [5.74, 6) is 1.25.